The third kappa shape index (κ3) is 2.93. The van der Waals surface area contributed by atoms with Gasteiger partial charge >= 0.3 is 0 Å². The van der Waals surface area contributed by atoms with Crippen molar-refractivity contribution in [2.24, 2.45) is 0 Å². The van der Waals surface area contributed by atoms with Crippen LogP contribution in [0.5, 0.6) is 0 Å². The molecule has 4 aromatic carbocycles. The summed E-state index contributed by atoms with van der Waals surface area (Å²) in [5, 5.41) is 2.57. The second-order valence-electron chi connectivity index (χ2n) is 8.35. The van der Waals surface area contributed by atoms with Crippen LogP contribution in [-0.4, -0.2) is 14.1 Å². The van der Waals surface area contributed by atoms with Crippen molar-refractivity contribution in [1.82, 2.24) is 14.1 Å². The van der Waals surface area contributed by atoms with Crippen molar-refractivity contribution in [3.05, 3.63) is 97.1 Å². The second-order valence-corrected chi connectivity index (χ2v) is 8.35. The number of aromatic nitrogens is 3. The van der Waals surface area contributed by atoms with E-state index in [0.29, 0.717) is 0 Å². The molecule has 0 aliphatic rings. The molecular weight excluding hydrogens is 390 g/mol. The highest BCUT2D eigenvalue weighted by molar-refractivity contribution is 6.09. The Morgan fingerprint density at radius 3 is 1.91 bits per heavy atom. The van der Waals surface area contributed by atoms with Gasteiger partial charge in [0.15, 0.2) is 0 Å². The SMILES string of the molecule is CCCCn1c(-c2ccc(-n3c4ccccc4c4ccccc43)cc2)nc2ccccc21. The van der Waals surface area contributed by atoms with Gasteiger partial charge in [0.25, 0.3) is 0 Å². The number of nitrogens with zero attached hydrogens (tertiary/aromatic N) is 3. The summed E-state index contributed by atoms with van der Waals surface area (Å²) in [6.07, 6.45) is 2.31. The first kappa shape index (κ1) is 18.9. The van der Waals surface area contributed by atoms with Crippen molar-refractivity contribution in [1.29, 1.82) is 0 Å². The van der Waals surface area contributed by atoms with E-state index in [1.807, 2.05) is 0 Å². The summed E-state index contributed by atoms with van der Waals surface area (Å²) < 4.78 is 4.73. The van der Waals surface area contributed by atoms with Gasteiger partial charge in [-0.25, -0.2) is 4.98 Å². The van der Waals surface area contributed by atoms with Gasteiger partial charge in [0.2, 0.25) is 0 Å². The molecule has 32 heavy (non-hydrogen) atoms. The topological polar surface area (TPSA) is 22.8 Å². The number of unbranched alkanes of at least 4 members (excludes halogenated alkanes) is 1. The number of rotatable bonds is 5. The third-order valence-corrected chi connectivity index (χ3v) is 6.35. The summed E-state index contributed by atoms with van der Waals surface area (Å²) in [5.74, 6) is 1.05. The zero-order valence-corrected chi connectivity index (χ0v) is 18.2. The summed E-state index contributed by atoms with van der Waals surface area (Å²) in [6, 6.07) is 34.6. The minimum Gasteiger partial charge on any atom is -0.324 e. The lowest BCUT2D eigenvalue weighted by Gasteiger charge is -2.11. The molecule has 2 heterocycles. The summed E-state index contributed by atoms with van der Waals surface area (Å²) in [4.78, 5) is 4.98. The van der Waals surface area contributed by atoms with Crippen molar-refractivity contribution < 1.29 is 0 Å². The molecule has 3 nitrogen and oxygen atoms in total. The Kier molecular flexibility index (Phi) is 4.53. The van der Waals surface area contributed by atoms with Crippen LogP contribution in [0.25, 0.3) is 49.9 Å². The lowest BCUT2D eigenvalue weighted by atomic mass is 10.2. The molecule has 0 saturated heterocycles. The first-order chi connectivity index (χ1) is 15.8. The first-order valence-electron chi connectivity index (χ1n) is 11.4. The number of benzene rings is 4. The smallest absolute Gasteiger partial charge is 0.141 e. The molecule has 3 heteroatoms. The number of imidazole rings is 1. The second kappa shape index (κ2) is 7.69. The van der Waals surface area contributed by atoms with Crippen LogP contribution in [0.15, 0.2) is 97.1 Å². The van der Waals surface area contributed by atoms with Crippen LogP contribution >= 0.6 is 0 Å². The Labute approximate surface area is 187 Å². The molecule has 0 spiro atoms. The number of fused-ring (bicyclic) bond motifs is 4. The van der Waals surface area contributed by atoms with E-state index in [4.69, 9.17) is 4.98 Å². The molecule has 0 fully saturated rings. The Balaban J connectivity index is 1.50. The summed E-state index contributed by atoms with van der Waals surface area (Å²) in [5.41, 5.74) is 7.06. The molecule has 0 atom stereocenters. The number of hydrogen-bond acceptors (Lipinski definition) is 1. The van der Waals surface area contributed by atoms with Gasteiger partial charge in [-0.3, -0.25) is 0 Å². The molecule has 0 amide bonds. The van der Waals surface area contributed by atoms with Crippen LogP contribution < -0.4 is 0 Å². The molecule has 0 radical (unpaired) electrons. The van der Waals surface area contributed by atoms with Crippen LogP contribution in [0, 0.1) is 0 Å². The Bertz CT molecular complexity index is 1500. The largest absolute Gasteiger partial charge is 0.324 e. The third-order valence-electron chi connectivity index (χ3n) is 6.35. The minimum atomic E-state index is 0.987. The highest BCUT2D eigenvalue weighted by Crippen LogP contribution is 2.33. The highest BCUT2D eigenvalue weighted by atomic mass is 15.1. The van der Waals surface area contributed by atoms with Gasteiger partial charge in [-0.15, -0.1) is 0 Å². The van der Waals surface area contributed by atoms with Crippen LogP contribution in [0.2, 0.25) is 0 Å². The number of para-hydroxylation sites is 4. The fourth-order valence-corrected chi connectivity index (χ4v) is 4.80. The van der Waals surface area contributed by atoms with E-state index < -0.39 is 0 Å². The monoisotopic (exact) mass is 415 g/mol. The van der Waals surface area contributed by atoms with Gasteiger partial charge in [-0.2, -0.15) is 0 Å². The fraction of sp³-hybridized carbons (Fsp3) is 0.138. The zero-order chi connectivity index (χ0) is 21.5. The van der Waals surface area contributed by atoms with Crippen molar-refractivity contribution in [3.8, 4) is 17.1 Å². The Hall–Kier alpha value is -3.85. The first-order valence-corrected chi connectivity index (χ1v) is 11.4. The maximum atomic E-state index is 4.98. The molecule has 0 aliphatic heterocycles. The van der Waals surface area contributed by atoms with E-state index in [-0.39, 0.29) is 0 Å². The zero-order valence-electron chi connectivity index (χ0n) is 18.2. The quantitative estimate of drug-likeness (QED) is 0.284. The van der Waals surface area contributed by atoms with Gasteiger partial charge in [-0.05, 0) is 55.0 Å². The maximum Gasteiger partial charge on any atom is 0.141 e. The summed E-state index contributed by atoms with van der Waals surface area (Å²) in [7, 11) is 0. The molecule has 0 aliphatic carbocycles. The van der Waals surface area contributed by atoms with E-state index in [1.165, 1.54) is 39.4 Å². The van der Waals surface area contributed by atoms with Crippen molar-refractivity contribution >= 4 is 32.8 Å². The predicted octanol–water partition coefficient (Wildman–Crippen LogP) is 7.60. The van der Waals surface area contributed by atoms with E-state index >= 15 is 0 Å². The van der Waals surface area contributed by atoms with Crippen molar-refractivity contribution in [2.45, 2.75) is 26.3 Å². The van der Waals surface area contributed by atoms with Gasteiger partial charge < -0.3 is 9.13 Å². The standard InChI is InChI=1S/C29H25N3/c1-2-3-20-31-28-15-9-6-12-25(28)30-29(31)21-16-18-22(19-17-21)32-26-13-7-4-10-23(26)24-11-5-8-14-27(24)32/h4-19H,2-3,20H2,1H3. The average molecular weight is 416 g/mol. The Morgan fingerprint density at radius 1 is 0.656 bits per heavy atom. The van der Waals surface area contributed by atoms with E-state index in [9.17, 15) is 0 Å². The molecular formula is C29H25N3. The lowest BCUT2D eigenvalue weighted by Crippen LogP contribution is -2.01. The maximum absolute atomic E-state index is 4.98. The van der Waals surface area contributed by atoms with Crippen LogP contribution in [-0.2, 0) is 6.54 Å². The molecule has 0 bridgehead atoms. The average Bonchev–Trinajstić information content (AvgIpc) is 3.39. The fourth-order valence-electron chi connectivity index (χ4n) is 4.80. The molecule has 156 valence electrons. The van der Waals surface area contributed by atoms with E-state index in [0.717, 1.165) is 29.9 Å². The lowest BCUT2D eigenvalue weighted by molar-refractivity contribution is 0.651. The van der Waals surface area contributed by atoms with E-state index in [2.05, 4.69) is 113 Å². The summed E-state index contributed by atoms with van der Waals surface area (Å²) in [6.45, 7) is 3.22. The molecule has 0 saturated carbocycles. The van der Waals surface area contributed by atoms with Gasteiger partial charge in [0, 0.05) is 28.6 Å². The van der Waals surface area contributed by atoms with Gasteiger partial charge in [0.05, 0.1) is 22.1 Å². The number of hydrogen-bond donors (Lipinski definition) is 0. The molecule has 0 unspecified atom stereocenters. The van der Waals surface area contributed by atoms with Crippen molar-refractivity contribution in [2.75, 3.05) is 0 Å². The van der Waals surface area contributed by atoms with Gasteiger partial charge in [-0.1, -0.05) is 61.9 Å². The molecule has 2 aromatic heterocycles. The number of aryl methyl sites for hydroxylation is 1. The normalized spacial score (nSPS) is 11.7. The van der Waals surface area contributed by atoms with Crippen LogP contribution in [0.3, 0.4) is 0 Å². The molecule has 6 aromatic rings. The Morgan fingerprint density at radius 2 is 1.25 bits per heavy atom. The van der Waals surface area contributed by atoms with Crippen LogP contribution in [0.1, 0.15) is 19.8 Å². The summed E-state index contributed by atoms with van der Waals surface area (Å²) >= 11 is 0. The molecule has 6 rings (SSSR count). The van der Waals surface area contributed by atoms with Gasteiger partial charge in [0.1, 0.15) is 5.82 Å². The van der Waals surface area contributed by atoms with Crippen LogP contribution in [0.4, 0.5) is 0 Å². The van der Waals surface area contributed by atoms with Crippen molar-refractivity contribution in [3.63, 3.8) is 0 Å². The highest BCUT2D eigenvalue weighted by Gasteiger charge is 2.14. The minimum absolute atomic E-state index is 0.987. The molecule has 0 N–H and O–H groups in total. The van der Waals surface area contributed by atoms with E-state index in [1.54, 1.807) is 0 Å². The predicted molar refractivity (Wildman–Crippen MR) is 134 cm³/mol.